The van der Waals surface area contributed by atoms with Crippen LogP contribution in [0.25, 0.3) is 16.7 Å². The van der Waals surface area contributed by atoms with Crippen molar-refractivity contribution in [1.82, 2.24) is 3.97 Å². The molecule has 1 aliphatic rings. The number of allylic oxidation sites excluding steroid dienone is 4. The zero-order chi connectivity index (χ0) is 23.8. The number of hydrogen-bond donors (Lipinski definition) is 2. The highest BCUT2D eigenvalue weighted by molar-refractivity contribution is 7.90. The van der Waals surface area contributed by atoms with Gasteiger partial charge in [-0.25, -0.2) is 12.4 Å². The van der Waals surface area contributed by atoms with Crippen molar-refractivity contribution in [1.29, 1.82) is 0 Å². The monoisotopic (exact) mass is 483 g/mol. The first-order valence-electron chi connectivity index (χ1n) is 9.81. The number of ketones is 1. The standard InChI is InChI=1S/C24H18ClNO6S/c25-16-9-10-20-18(13-16)19(15-26(20)33(31,32)17-7-3-1-4-8-17)21(27)14-22(28)24(23(29)30)11-5-2-6-12-24/h1-11,13-15,27H,12H2,(H,29,30)/b21-14-. The quantitative estimate of drug-likeness (QED) is 0.301. The Hall–Kier alpha value is -3.62. The van der Waals surface area contributed by atoms with Crippen LogP contribution in [0.1, 0.15) is 12.0 Å². The summed E-state index contributed by atoms with van der Waals surface area (Å²) in [5, 5.41) is 21.1. The molecular formula is C24H18ClNO6S. The number of halogens is 1. The van der Waals surface area contributed by atoms with Gasteiger partial charge in [-0.2, -0.15) is 0 Å². The van der Waals surface area contributed by atoms with Gasteiger partial charge in [0.15, 0.2) is 11.2 Å². The predicted molar refractivity (Wildman–Crippen MR) is 125 cm³/mol. The molecule has 1 aliphatic carbocycles. The molecule has 1 unspecified atom stereocenters. The molecule has 168 valence electrons. The van der Waals surface area contributed by atoms with E-state index in [4.69, 9.17) is 11.6 Å². The summed E-state index contributed by atoms with van der Waals surface area (Å²) in [6.07, 6.45) is 7.83. The number of fused-ring (bicyclic) bond motifs is 1. The number of carboxylic acids is 1. The van der Waals surface area contributed by atoms with Crippen LogP contribution >= 0.6 is 11.6 Å². The van der Waals surface area contributed by atoms with Crippen molar-refractivity contribution in [3.8, 4) is 0 Å². The van der Waals surface area contributed by atoms with E-state index < -0.39 is 32.9 Å². The van der Waals surface area contributed by atoms with E-state index in [9.17, 15) is 28.2 Å². The topological polar surface area (TPSA) is 114 Å². The van der Waals surface area contributed by atoms with Gasteiger partial charge in [0.05, 0.1) is 10.4 Å². The second kappa shape index (κ2) is 8.38. The average molecular weight is 484 g/mol. The van der Waals surface area contributed by atoms with Crippen LogP contribution in [0.15, 0.2) is 90.0 Å². The molecule has 2 N–H and O–H groups in total. The first-order valence-corrected chi connectivity index (χ1v) is 11.6. The Labute approximate surface area is 194 Å². The molecule has 0 amide bonds. The lowest BCUT2D eigenvalue weighted by Crippen LogP contribution is -2.37. The Balaban J connectivity index is 1.87. The molecule has 0 saturated heterocycles. The zero-order valence-electron chi connectivity index (χ0n) is 17.1. The van der Waals surface area contributed by atoms with Crippen LogP contribution in [-0.2, 0) is 19.6 Å². The molecule has 0 saturated carbocycles. The van der Waals surface area contributed by atoms with Gasteiger partial charge < -0.3 is 10.2 Å². The first kappa shape index (κ1) is 22.6. The van der Waals surface area contributed by atoms with Crippen LogP contribution in [0.3, 0.4) is 0 Å². The molecule has 1 atom stereocenters. The maximum atomic E-state index is 13.2. The zero-order valence-corrected chi connectivity index (χ0v) is 18.6. The lowest BCUT2D eigenvalue weighted by molar-refractivity contribution is -0.149. The van der Waals surface area contributed by atoms with Crippen LogP contribution in [0, 0.1) is 5.41 Å². The van der Waals surface area contributed by atoms with Crippen LogP contribution < -0.4 is 0 Å². The van der Waals surface area contributed by atoms with Gasteiger partial charge in [-0.1, -0.05) is 54.1 Å². The molecule has 3 aromatic rings. The highest BCUT2D eigenvalue weighted by Gasteiger charge is 2.42. The van der Waals surface area contributed by atoms with Crippen molar-refractivity contribution in [2.45, 2.75) is 11.3 Å². The van der Waals surface area contributed by atoms with Crippen molar-refractivity contribution in [2.75, 3.05) is 0 Å². The van der Waals surface area contributed by atoms with E-state index in [0.717, 1.165) is 10.0 Å². The van der Waals surface area contributed by atoms with Gasteiger partial charge in [0, 0.05) is 28.2 Å². The Morgan fingerprint density at radius 1 is 1.06 bits per heavy atom. The van der Waals surface area contributed by atoms with Gasteiger partial charge in [0.1, 0.15) is 5.76 Å². The molecule has 0 aliphatic heterocycles. The third kappa shape index (κ3) is 3.88. The predicted octanol–water partition coefficient (Wildman–Crippen LogP) is 4.59. The van der Waals surface area contributed by atoms with Crippen molar-refractivity contribution in [3.63, 3.8) is 0 Å². The Kier molecular flexibility index (Phi) is 5.73. The van der Waals surface area contributed by atoms with E-state index in [2.05, 4.69) is 0 Å². The summed E-state index contributed by atoms with van der Waals surface area (Å²) < 4.78 is 27.5. The minimum absolute atomic E-state index is 0.0243. The second-order valence-corrected chi connectivity index (χ2v) is 9.73. The number of aliphatic carboxylic acids is 1. The molecule has 1 heterocycles. The number of carbonyl (C=O) groups is 2. The molecular weight excluding hydrogens is 466 g/mol. The van der Waals surface area contributed by atoms with Gasteiger partial charge in [0.25, 0.3) is 10.0 Å². The van der Waals surface area contributed by atoms with Crippen LogP contribution in [-0.4, -0.2) is 34.4 Å². The van der Waals surface area contributed by atoms with Crippen molar-refractivity contribution >= 4 is 50.0 Å². The fourth-order valence-corrected chi connectivity index (χ4v) is 5.24. The summed E-state index contributed by atoms with van der Waals surface area (Å²) in [6, 6.07) is 12.2. The van der Waals surface area contributed by atoms with Crippen molar-refractivity contribution in [3.05, 3.63) is 95.7 Å². The largest absolute Gasteiger partial charge is 0.507 e. The Morgan fingerprint density at radius 2 is 1.79 bits per heavy atom. The Bertz CT molecular complexity index is 1470. The normalized spacial score (nSPS) is 18.5. The summed E-state index contributed by atoms with van der Waals surface area (Å²) >= 11 is 6.11. The lowest BCUT2D eigenvalue weighted by atomic mass is 9.77. The number of aliphatic hydroxyl groups is 1. The fraction of sp³-hybridized carbons (Fsp3) is 0.0833. The number of carbonyl (C=O) groups excluding carboxylic acids is 1. The van der Waals surface area contributed by atoms with Crippen LogP contribution in [0.5, 0.6) is 0 Å². The molecule has 33 heavy (non-hydrogen) atoms. The number of aromatic nitrogens is 1. The van der Waals surface area contributed by atoms with Gasteiger partial charge in [-0.3, -0.25) is 9.59 Å². The SMILES string of the molecule is O=C(O)C1(C(=O)/C=C(\O)c2cn(S(=O)(=O)c3ccccc3)c3ccc(Cl)cc23)C=CC=CC1. The molecule has 0 bridgehead atoms. The molecule has 0 radical (unpaired) electrons. The summed E-state index contributed by atoms with van der Waals surface area (Å²) in [4.78, 5) is 24.8. The van der Waals surface area contributed by atoms with E-state index in [-0.39, 0.29) is 27.8 Å². The van der Waals surface area contributed by atoms with E-state index in [0.29, 0.717) is 5.02 Å². The first-order chi connectivity index (χ1) is 15.7. The van der Waals surface area contributed by atoms with Crippen LogP contribution in [0.2, 0.25) is 5.02 Å². The fourth-order valence-electron chi connectivity index (χ4n) is 3.68. The maximum Gasteiger partial charge on any atom is 0.321 e. The third-order valence-electron chi connectivity index (χ3n) is 5.47. The minimum atomic E-state index is -4.03. The number of aliphatic hydroxyl groups excluding tert-OH is 1. The van der Waals surface area contributed by atoms with E-state index in [1.54, 1.807) is 30.4 Å². The summed E-state index contributed by atoms with van der Waals surface area (Å²) in [5.41, 5.74) is -1.59. The number of carboxylic acid groups (broad SMARTS) is 1. The van der Waals surface area contributed by atoms with Gasteiger partial charge >= 0.3 is 5.97 Å². The Morgan fingerprint density at radius 3 is 2.42 bits per heavy atom. The number of nitrogens with zero attached hydrogens (tertiary/aromatic N) is 1. The summed E-state index contributed by atoms with van der Waals surface area (Å²) in [5.74, 6) is -2.77. The maximum absolute atomic E-state index is 13.2. The van der Waals surface area contributed by atoms with Crippen molar-refractivity contribution in [2.24, 2.45) is 5.41 Å². The molecule has 1 aromatic heterocycles. The van der Waals surface area contributed by atoms with Gasteiger partial charge in [0.2, 0.25) is 0 Å². The van der Waals surface area contributed by atoms with E-state index in [1.807, 2.05) is 0 Å². The number of rotatable bonds is 6. The number of hydrogen-bond acceptors (Lipinski definition) is 5. The summed E-state index contributed by atoms with van der Waals surface area (Å²) in [7, 11) is -4.03. The van der Waals surface area contributed by atoms with Crippen LogP contribution in [0.4, 0.5) is 0 Å². The van der Waals surface area contributed by atoms with Gasteiger partial charge in [-0.05, 0) is 36.8 Å². The summed E-state index contributed by atoms with van der Waals surface area (Å²) in [6.45, 7) is 0. The highest BCUT2D eigenvalue weighted by Crippen LogP contribution is 2.34. The molecule has 9 heteroatoms. The molecule has 2 aromatic carbocycles. The van der Waals surface area contributed by atoms with Crippen molar-refractivity contribution < 1.29 is 28.2 Å². The molecule has 7 nitrogen and oxygen atoms in total. The highest BCUT2D eigenvalue weighted by atomic mass is 35.5. The average Bonchev–Trinajstić information content (AvgIpc) is 3.19. The molecule has 4 rings (SSSR count). The molecule has 0 fully saturated rings. The lowest BCUT2D eigenvalue weighted by Gasteiger charge is -2.23. The van der Waals surface area contributed by atoms with Gasteiger partial charge in [-0.15, -0.1) is 0 Å². The number of benzene rings is 2. The minimum Gasteiger partial charge on any atom is -0.507 e. The smallest absolute Gasteiger partial charge is 0.321 e. The van der Waals surface area contributed by atoms with E-state index >= 15 is 0 Å². The third-order valence-corrected chi connectivity index (χ3v) is 7.39. The molecule has 0 spiro atoms. The van der Waals surface area contributed by atoms with E-state index in [1.165, 1.54) is 48.7 Å². The second-order valence-electron chi connectivity index (χ2n) is 7.48.